The van der Waals surface area contributed by atoms with Crippen molar-refractivity contribution in [2.24, 2.45) is 5.92 Å². The van der Waals surface area contributed by atoms with Crippen molar-refractivity contribution < 1.29 is 19.2 Å². The Morgan fingerprint density at radius 2 is 1.35 bits per heavy atom. The molecule has 0 aliphatic carbocycles. The van der Waals surface area contributed by atoms with Crippen LogP contribution in [0.5, 0.6) is 0 Å². The average Bonchev–Trinajstić information content (AvgIpc) is 3.10. The van der Waals surface area contributed by atoms with Gasteiger partial charge in [0, 0.05) is 12.8 Å². The van der Waals surface area contributed by atoms with Crippen LogP contribution in [0.3, 0.4) is 0 Å². The predicted octanol–water partition coefficient (Wildman–Crippen LogP) is -0.228. The summed E-state index contributed by atoms with van der Waals surface area (Å²) in [7, 11) is 0. The van der Waals surface area contributed by atoms with Crippen LogP contribution in [0, 0.1) is 5.92 Å². The third-order valence-electron chi connectivity index (χ3n) is 3.64. The molecule has 1 fully saturated rings. The summed E-state index contributed by atoms with van der Waals surface area (Å²) in [5, 5.41) is 0.447. The molecule has 0 radical (unpaired) electrons. The smallest absolute Gasteiger partial charge is 0.330 e. The fourth-order valence-corrected chi connectivity index (χ4v) is 3.19. The fraction of sp³-hybridized carbons (Fsp3) is 0.417. The van der Waals surface area contributed by atoms with Gasteiger partial charge in [0.1, 0.15) is 8.95 Å². The Balaban J connectivity index is 1.84. The number of carbonyl (C=O) groups excluding carboxylic acids is 3. The minimum Gasteiger partial charge on any atom is -0.330 e. The molecule has 23 heavy (non-hydrogen) atoms. The summed E-state index contributed by atoms with van der Waals surface area (Å²) in [6.45, 7) is -0.149. The molecule has 2 aliphatic heterocycles. The minimum atomic E-state index is -0.845. The maximum atomic E-state index is 12.1. The molecule has 122 valence electrons. The maximum Gasteiger partial charge on any atom is 0.339 e. The van der Waals surface area contributed by atoms with Crippen LogP contribution in [0.1, 0.15) is 12.8 Å². The lowest BCUT2D eigenvalue weighted by atomic mass is 10.2. The molecule has 0 unspecified atom stereocenters. The summed E-state index contributed by atoms with van der Waals surface area (Å²) < 4.78 is 2.38. The number of hydroxylamine groups is 2. The monoisotopic (exact) mass is 449 g/mol. The highest BCUT2D eigenvalue weighted by molar-refractivity contribution is 9.13. The van der Waals surface area contributed by atoms with Crippen LogP contribution < -0.4 is 11.1 Å². The van der Waals surface area contributed by atoms with Gasteiger partial charge < -0.3 is 4.84 Å². The first-order chi connectivity index (χ1) is 10.8. The van der Waals surface area contributed by atoms with Crippen molar-refractivity contribution >= 4 is 49.6 Å². The molecule has 1 aromatic heterocycles. The van der Waals surface area contributed by atoms with Crippen LogP contribution in [0.25, 0.3) is 0 Å². The second-order valence-electron chi connectivity index (χ2n) is 5.09. The zero-order valence-electron chi connectivity index (χ0n) is 11.5. The Hall–Kier alpha value is -1.75. The van der Waals surface area contributed by atoms with Crippen molar-refractivity contribution in [1.82, 2.24) is 14.4 Å². The van der Waals surface area contributed by atoms with Crippen molar-refractivity contribution in [2.75, 3.05) is 0 Å². The van der Waals surface area contributed by atoms with E-state index in [1.54, 1.807) is 0 Å². The van der Waals surface area contributed by atoms with Gasteiger partial charge in [0.25, 0.3) is 22.9 Å². The number of fused-ring (bicyclic) bond motifs is 1. The summed E-state index contributed by atoms with van der Waals surface area (Å²) in [4.78, 5) is 64.1. The van der Waals surface area contributed by atoms with Crippen molar-refractivity contribution in [2.45, 2.75) is 25.9 Å². The van der Waals surface area contributed by atoms with E-state index in [0.717, 1.165) is 9.36 Å². The number of nitrogens with zero attached hydrogens (tertiary/aromatic N) is 3. The molecular formula is C12H9Br2N3O6. The van der Waals surface area contributed by atoms with Crippen LogP contribution in [0.4, 0.5) is 0 Å². The number of amides is 2. The van der Waals surface area contributed by atoms with Crippen molar-refractivity contribution in [1.29, 1.82) is 0 Å². The van der Waals surface area contributed by atoms with E-state index >= 15 is 0 Å². The molecule has 0 atom stereocenters. The Bertz CT molecular complexity index is 797. The first-order valence-electron chi connectivity index (χ1n) is 6.57. The number of rotatable bonds is 2. The maximum absolute atomic E-state index is 12.1. The molecule has 2 amide bonds. The second-order valence-corrected chi connectivity index (χ2v) is 6.68. The lowest BCUT2D eigenvalue weighted by Gasteiger charge is -2.14. The first kappa shape index (κ1) is 16.1. The zero-order valence-corrected chi connectivity index (χ0v) is 14.6. The van der Waals surface area contributed by atoms with Crippen molar-refractivity contribution in [3.63, 3.8) is 0 Å². The molecule has 0 aromatic carbocycles. The van der Waals surface area contributed by atoms with E-state index in [1.165, 1.54) is 0 Å². The van der Waals surface area contributed by atoms with Crippen LogP contribution in [-0.4, -0.2) is 32.2 Å². The van der Waals surface area contributed by atoms with Crippen LogP contribution in [0.15, 0.2) is 18.5 Å². The number of hydrogen-bond acceptors (Lipinski definition) is 6. The van der Waals surface area contributed by atoms with Crippen LogP contribution in [-0.2, 0) is 32.3 Å². The number of carbonyl (C=O) groups is 3. The van der Waals surface area contributed by atoms with E-state index in [-0.39, 0.29) is 34.9 Å². The van der Waals surface area contributed by atoms with Gasteiger partial charge in [-0.15, -0.1) is 5.06 Å². The molecule has 11 heteroatoms. The van der Waals surface area contributed by atoms with Gasteiger partial charge >= 0.3 is 5.97 Å². The third kappa shape index (κ3) is 2.57. The summed E-state index contributed by atoms with van der Waals surface area (Å²) >= 11 is 6.04. The van der Waals surface area contributed by atoms with Gasteiger partial charge in [-0.3, -0.25) is 19.2 Å². The van der Waals surface area contributed by atoms with Gasteiger partial charge in [0.15, 0.2) is 0 Å². The molecule has 0 saturated carbocycles. The van der Waals surface area contributed by atoms with Gasteiger partial charge in [0.05, 0.1) is 19.0 Å². The molecule has 0 bridgehead atoms. The highest BCUT2D eigenvalue weighted by atomic mass is 79.9. The Labute approximate surface area is 145 Å². The lowest BCUT2D eigenvalue weighted by Crippen LogP contribution is -2.35. The largest absolute Gasteiger partial charge is 0.339 e. The Morgan fingerprint density at radius 1 is 0.913 bits per heavy atom. The molecule has 0 N–H and O–H groups in total. The number of halogens is 2. The molecule has 0 spiro atoms. The van der Waals surface area contributed by atoms with E-state index in [0.29, 0.717) is 5.06 Å². The van der Waals surface area contributed by atoms with Crippen molar-refractivity contribution in [3.8, 4) is 0 Å². The third-order valence-corrected chi connectivity index (χ3v) is 5.64. The minimum absolute atomic E-state index is 0.00415. The van der Waals surface area contributed by atoms with Crippen LogP contribution >= 0.6 is 31.9 Å². The highest BCUT2D eigenvalue weighted by Gasteiger charge is 2.38. The lowest BCUT2D eigenvalue weighted by molar-refractivity contribution is -0.200. The molecule has 3 heterocycles. The molecule has 1 saturated heterocycles. The molecule has 3 rings (SSSR count). The fourth-order valence-electron chi connectivity index (χ4n) is 2.44. The summed E-state index contributed by atoms with van der Waals surface area (Å²) in [5.74, 6) is -2.85. The Kier molecular flexibility index (Phi) is 4.00. The normalized spacial score (nSPS) is 17.7. The SMILES string of the molecule is O=C(ON1C(=O)CCC1=O)C1Cn2c(=O)c(Br)c(Br)c(=O)n2C1. The van der Waals surface area contributed by atoms with Gasteiger partial charge in [-0.25, -0.2) is 14.2 Å². The van der Waals surface area contributed by atoms with Gasteiger partial charge in [-0.05, 0) is 31.9 Å². The summed E-state index contributed by atoms with van der Waals surface area (Å²) in [6.07, 6.45) is -0.00830. The number of aromatic nitrogens is 2. The topological polar surface area (TPSA) is 108 Å². The van der Waals surface area contributed by atoms with Crippen molar-refractivity contribution in [3.05, 3.63) is 29.7 Å². The standard InChI is InChI=1S/C12H9Br2N3O6/c13-8-9(14)11(21)16-4-5(3-15(16)10(8)20)12(22)23-17-6(18)1-2-7(17)19/h5H,1-4H2. The molecule has 2 aliphatic rings. The van der Waals surface area contributed by atoms with E-state index in [9.17, 15) is 24.0 Å². The second kappa shape index (κ2) is 5.71. The molecular weight excluding hydrogens is 442 g/mol. The van der Waals surface area contributed by atoms with Gasteiger partial charge in [-0.1, -0.05) is 0 Å². The van der Waals surface area contributed by atoms with E-state index < -0.39 is 34.8 Å². The van der Waals surface area contributed by atoms with Crippen LogP contribution in [0.2, 0.25) is 0 Å². The Morgan fingerprint density at radius 3 is 1.78 bits per heavy atom. The van der Waals surface area contributed by atoms with E-state index in [1.807, 2.05) is 0 Å². The zero-order chi connectivity index (χ0) is 16.9. The first-order valence-corrected chi connectivity index (χ1v) is 8.16. The van der Waals surface area contributed by atoms with Gasteiger partial charge in [-0.2, -0.15) is 0 Å². The summed E-state index contributed by atoms with van der Waals surface area (Å²) in [6, 6.07) is 0. The average molecular weight is 451 g/mol. The number of hydrogen-bond donors (Lipinski definition) is 0. The highest BCUT2D eigenvalue weighted by Crippen LogP contribution is 2.20. The molecule has 9 nitrogen and oxygen atoms in total. The predicted molar refractivity (Wildman–Crippen MR) is 81.0 cm³/mol. The quantitative estimate of drug-likeness (QED) is 0.576. The van der Waals surface area contributed by atoms with E-state index in [4.69, 9.17) is 4.84 Å². The van der Waals surface area contributed by atoms with E-state index in [2.05, 4.69) is 31.9 Å². The molecule has 1 aromatic rings. The number of imide groups is 1. The van der Waals surface area contributed by atoms with Gasteiger partial charge in [0.2, 0.25) is 0 Å². The summed E-state index contributed by atoms with van der Waals surface area (Å²) in [5.41, 5.74) is -0.944.